The van der Waals surface area contributed by atoms with Gasteiger partial charge in [0, 0.05) is 5.56 Å². The zero-order valence-electron chi connectivity index (χ0n) is 22.8. The van der Waals surface area contributed by atoms with Gasteiger partial charge in [0.2, 0.25) is 0 Å². The van der Waals surface area contributed by atoms with Crippen molar-refractivity contribution >= 4 is 5.97 Å². The predicted molar refractivity (Wildman–Crippen MR) is 152 cm³/mol. The molecule has 5 rings (SSSR count). The second-order valence-corrected chi connectivity index (χ2v) is 11.2. The van der Waals surface area contributed by atoms with E-state index in [1.54, 1.807) is 19.2 Å². The summed E-state index contributed by atoms with van der Waals surface area (Å²) in [6.45, 7) is 0.400. The molecule has 3 aromatic carbocycles. The van der Waals surface area contributed by atoms with E-state index in [2.05, 4.69) is 6.07 Å². The highest BCUT2D eigenvalue weighted by atomic mass is 19.1. The maximum Gasteiger partial charge on any atom is 0.303 e. The number of carboxylic acids is 1. The number of halogens is 1. The van der Waals surface area contributed by atoms with Gasteiger partial charge in [-0.15, -0.1) is 0 Å². The smallest absolute Gasteiger partial charge is 0.303 e. The van der Waals surface area contributed by atoms with E-state index >= 15 is 4.39 Å². The van der Waals surface area contributed by atoms with Crippen LogP contribution in [0.5, 0.6) is 11.5 Å². The largest absolute Gasteiger partial charge is 0.497 e. The van der Waals surface area contributed by atoms with Gasteiger partial charge >= 0.3 is 5.97 Å². The number of benzene rings is 3. The summed E-state index contributed by atoms with van der Waals surface area (Å²) in [7, 11) is 1.61. The van der Waals surface area contributed by atoms with Crippen molar-refractivity contribution in [2.45, 2.75) is 82.7 Å². The van der Waals surface area contributed by atoms with Crippen LogP contribution in [0.4, 0.5) is 4.39 Å². The van der Waals surface area contributed by atoms with Gasteiger partial charge < -0.3 is 14.6 Å². The second-order valence-electron chi connectivity index (χ2n) is 11.2. The molecule has 0 aromatic heterocycles. The van der Waals surface area contributed by atoms with Crippen LogP contribution in [-0.2, 0) is 11.4 Å². The summed E-state index contributed by atoms with van der Waals surface area (Å²) < 4.78 is 26.7. The highest BCUT2D eigenvalue weighted by molar-refractivity contribution is 5.71. The van der Waals surface area contributed by atoms with E-state index in [9.17, 15) is 9.90 Å². The minimum absolute atomic E-state index is 0.0266. The Kier molecular flexibility index (Phi) is 8.85. The maximum atomic E-state index is 15.0. The summed E-state index contributed by atoms with van der Waals surface area (Å²) in [6.07, 6.45) is 10.6. The van der Waals surface area contributed by atoms with Crippen molar-refractivity contribution in [1.29, 1.82) is 0 Å². The molecule has 1 N–H and O–H groups in total. The summed E-state index contributed by atoms with van der Waals surface area (Å²) in [5, 5.41) is 9.48. The molecule has 5 heteroatoms. The Balaban J connectivity index is 1.40. The normalized spacial score (nSPS) is 17.2. The van der Waals surface area contributed by atoms with Crippen LogP contribution in [0.15, 0.2) is 60.7 Å². The Bertz CT molecular complexity index is 1270. The monoisotopic (exact) mass is 530 g/mol. The Morgan fingerprint density at radius 2 is 1.69 bits per heavy atom. The number of carboxylic acid groups (broad SMARTS) is 1. The van der Waals surface area contributed by atoms with Crippen molar-refractivity contribution in [2.75, 3.05) is 7.11 Å². The van der Waals surface area contributed by atoms with Crippen molar-refractivity contribution in [3.05, 3.63) is 83.2 Å². The molecule has 39 heavy (non-hydrogen) atoms. The average molecular weight is 531 g/mol. The third kappa shape index (κ3) is 6.63. The van der Waals surface area contributed by atoms with Gasteiger partial charge in [0.05, 0.1) is 13.5 Å². The van der Waals surface area contributed by atoms with Crippen LogP contribution in [0.25, 0.3) is 11.1 Å². The molecule has 4 nitrogen and oxygen atoms in total. The zero-order chi connectivity index (χ0) is 27.2. The van der Waals surface area contributed by atoms with Crippen molar-refractivity contribution < 1.29 is 23.8 Å². The topological polar surface area (TPSA) is 55.8 Å². The summed E-state index contributed by atoms with van der Waals surface area (Å²) >= 11 is 0. The number of methoxy groups -OCH3 is 1. The summed E-state index contributed by atoms with van der Waals surface area (Å²) in [5.41, 5.74) is 4.79. The first-order chi connectivity index (χ1) is 19.0. The first kappa shape index (κ1) is 27.2. The van der Waals surface area contributed by atoms with Gasteiger partial charge in [-0.05, 0) is 96.0 Å². The van der Waals surface area contributed by atoms with Crippen LogP contribution in [-0.4, -0.2) is 18.2 Å². The van der Waals surface area contributed by atoms with Gasteiger partial charge in [0.25, 0.3) is 0 Å². The third-order valence-electron chi connectivity index (χ3n) is 8.68. The van der Waals surface area contributed by atoms with Gasteiger partial charge in [-0.1, -0.05) is 62.4 Å². The fourth-order valence-corrected chi connectivity index (χ4v) is 6.30. The van der Waals surface area contributed by atoms with Crippen LogP contribution >= 0.6 is 0 Å². The van der Waals surface area contributed by atoms with E-state index in [-0.39, 0.29) is 18.2 Å². The fraction of sp³-hybridized carbons (Fsp3) is 0.441. The van der Waals surface area contributed by atoms with Crippen molar-refractivity contribution in [1.82, 2.24) is 0 Å². The fourth-order valence-electron chi connectivity index (χ4n) is 6.30. The van der Waals surface area contributed by atoms with Gasteiger partial charge in [-0.3, -0.25) is 4.79 Å². The minimum Gasteiger partial charge on any atom is -0.497 e. The number of ether oxygens (including phenoxy) is 2. The van der Waals surface area contributed by atoms with E-state index in [4.69, 9.17) is 9.47 Å². The van der Waals surface area contributed by atoms with E-state index in [0.717, 1.165) is 48.1 Å². The molecule has 0 amide bonds. The van der Waals surface area contributed by atoms with E-state index < -0.39 is 5.97 Å². The van der Waals surface area contributed by atoms with E-state index in [0.29, 0.717) is 29.8 Å². The first-order valence-electron chi connectivity index (χ1n) is 14.4. The molecule has 2 saturated carbocycles. The molecule has 2 aliphatic rings. The van der Waals surface area contributed by atoms with Gasteiger partial charge in [0.15, 0.2) is 0 Å². The lowest BCUT2D eigenvalue weighted by molar-refractivity contribution is -0.138. The zero-order valence-corrected chi connectivity index (χ0v) is 22.8. The number of aliphatic carboxylic acids is 1. The quantitative estimate of drug-likeness (QED) is 0.266. The van der Waals surface area contributed by atoms with Crippen LogP contribution in [0.2, 0.25) is 0 Å². The van der Waals surface area contributed by atoms with Crippen molar-refractivity contribution in [3.8, 4) is 22.6 Å². The van der Waals surface area contributed by atoms with Crippen LogP contribution < -0.4 is 9.47 Å². The Hall–Kier alpha value is -3.34. The second kappa shape index (κ2) is 12.7. The molecular formula is C34H39FO4. The van der Waals surface area contributed by atoms with Gasteiger partial charge in [-0.25, -0.2) is 4.39 Å². The maximum absolute atomic E-state index is 15.0. The molecule has 2 fully saturated rings. The van der Waals surface area contributed by atoms with E-state index in [1.807, 2.05) is 36.4 Å². The van der Waals surface area contributed by atoms with Crippen molar-refractivity contribution in [2.24, 2.45) is 5.92 Å². The Labute approximate surface area is 231 Å². The molecule has 1 atom stereocenters. The molecule has 3 aromatic rings. The third-order valence-corrected chi connectivity index (χ3v) is 8.68. The van der Waals surface area contributed by atoms with Gasteiger partial charge in [-0.2, -0.15) is 0 Å². The lowest BCUT2D eigenvalue weighted by Gasteiger charge is -2.33. The predicted octanol–water partition coefficient (Wildman–Crippen LogP) is 8.88. The molecule has 0 radical (unpaired) electrons. The summed E-state index contributed by atoms with van der Waals surface area (Å²) in [5.74, 6) is 1.25. The Morgan fingerprint density at radius 1 is 0.897 bits per heavy atom. The number of carbonyl (C=O) groups is 1. The highest BCUT2D eigenvalue weighted by Gasteiger charge is 2.30. The SMILES string of the molecule is COc1ccc(F)c(-c2ccc(COc3cccc([C@H](CC(=O)O)C4CCC4)c3)cc2C2CCCCCC2)c1. The molecule has 0 spiro atoms. The highest BCUT2D eigenvalue weighted by Crippen LogP contribution is 2.42. The number of rotatable bonds is 10. The molecule has 206 valence electrons. The van der Waals surface area contributed by atoms with Crippen molar-refractivity contribution in [3.63, 3.8) is 0 Å². The first-order valence-corrected chi connectivity index (χ1v) is 14.4. The molecule has 0 bridgehead atoms. The van der Waals surface area contributed by atoms with Gasteiger partial charge in [0.1, 0.15) is 23.9 Å². The van der Waals surface area contributed by atoms with Crippen LogP contribution in [0.3, 0.4) is 0 Å². The van der Waals surface area contributed by atoms with Crippen LogP contribution in [0, 0.1) is 11.7 Å². The lowest BCUT2D eigenvalue weighted by atomic mass is 9.72. The molecule has 2 aliphatic carbocycles. The summed E-state index contributed by atoms with van der Waals surface area (Å²) in [4.78, 5) is 11.5. The Morgan fingerprint density at radius 3 is 2.38 bits per heavy atom. The summed E-state index contributed by atoms with van der Waals surface area (Å²) in [6, 6.07) is 19.1. The molecule has 0 aliphatic heterocycles. The molecule has 0 saturated heterocycles. The van der Waals surface area contributed by atoms with Crippen LogP contribution in [0.1, 0.15) is 92.7 Å². The number of hydrogen-bond donors (Lipinski definition) is 1. The molecule has 0 heterocycles. The number of hydrogen-bond acceptors (Lipinski definition) is 3. The molecule has 0 unspecified atom stereocenters. The molecular weight excluding hydrogens is 491 g/mol. The van der Waals surface area contributed by atoms with E-state index in [1.165, 1.54) is 43.7 Å². The lowest BCUT2D eigenvalue weighted by Crippen LogP contribution is -2.22. The standard InChI is InChI=1S/C34H39FO4/c1-38-27-15-17-33(35)32(20-27)29-16-14-23(18-31(29)25-8-4-2-3-5-9-25)22-39-28-13-7-12-26(19-28)30(21-34(36)37)24-10-6-11-24/h7,12-20,24-25,30H,2-6,8-11,21-22H2,1H3,(H,36,37)/t30-/m1/s1. The minimum atomic E-state index is -0.753. The average Bonchev–Trinajstić information content (AvgIpc) is 3.20.